The summed E-state index contributed by atoms with van der Waals surface area (Å²) in [6.45, 7) is 1.88. The van der Waals surface area contributed by atoms with Crippen LogP contribution in [0, 0.1) is 0 Å². The van der Waals surface area contributed by atoms with Crippen molar-refractivity contribution in [3.63, 3.8) is 0 Å². The van der Waals surface area contributed by atoms with Crippen LogP contribution < -0.4 is 5.32 Å². The molecule has 19 heavy (non-hydrogen) atoms. The molecule has 0 radical (unpaired) electrons. The molecule has 0 saturated heterocycles. The summed E-state index contributed by atoms with van der Waals surface area (Å²) in [4.78, 5) is 12.1. The lowest BCUT2D eigenvalue weighted by Crippen LogP contribution is -2.18. The lowest BCUT2D eigenvalue weighted by Gasteiger charge is -2.13. The monoisotopic (exact) mass is 337 g/mol. The highest BCUT2D eigenvalue weighted by molar-refractivity contribution is 9.10. The highest BCUT2D eigenvalue weighted by Gasteiger charge is 2.15. The highest BCUT2D eigenvalue weighted by atomic mass is 79.9. The van der Waals surface area contributed by atoms with Crippen LogP contribution in [-0.2, 0) is 4.79 Å². The van der Waals surface area contributed by atoms with Crippen LogP contribution in [0.15, 0.2) is 53.0 Å². The third kappa shape index (κ3) is 3.58. The van der Waals surface area contributed by atoms with Gasteiger partial charge in [-0.3, -0.25) is 4.79 Å². The Balaban J connectivity index is 2.10. The van der Waals surface area contributed by atoms with Gasteiger partial charge in [-0.1, -0.05) is 41.9 Å². The van der Waals surface area contributed by atoms with E-state index in [4.69, 9.17) is 11.6 Å². The first kappa shape index (κ1) is 14.1. The zero-order chi connectivity index (χ0) is 13.8. The van der Waals surface area contributed by atoms with Gasteiger partial charge in [-0.15, -0.1) is 0 Å². The number of hydrogen-bond acceptors (Lipinski definition) is 1. The summed E-state index contributed by atoms with van der Waals surface area (Å²) < 4.78 is 0.809. The average molecular weight is 339 g/mol. The number of nitrogens with one attached hydrogen (secondary N) is 1. The molecule has 0 fully saturated rings. The van der Waals surface area contributed by atoms with Crippen molar-refractivity contribution in [2.45, 2.75) is 12.8 Å². The van der Waals surface area contributed by atoms with Crippen molar-refractivity contribution < 1.29 is 4.79 Å². The fraction of sp³-hybridized carbons (Fsp3) is 0.133. The number of halogens is 2. The minimum atomic E-state index is -0.205. The average Bonchev–Trinajstić information content (AvgIpc) is 2.43. The molecule has 1 amide bonds. The van der Waals surface area contributed by atoms with Crippen molar-refractivity contribution in [1.29, 1.82) is 0 Å². The van der Waals surface area contributed by atoms with Gasteiger partial charge in [-0.05, 0) is 46.6 Å². The van der Waals surface area contributed by atoms with E-state index in [1.54, 1.807) is 6.07 Å². The Labute approximate surface area is 125 Å². The third-order valence-corrected chi connectivity index (χ3v) is 4.11. The minimum Gasteiger partial charge on any atom is -0.326 e. The lowest BCUT2D eigenvalue weighted by atomic mass is 10.0. The van der Waals surface area contributed by atoms with Crippen LogP contribution in [0.1, 0.15) is 18.4 Å². The zero-order valence-corrected chi connectivity index (χ0v) is 12.7. The molecular weight excluding hydrogens is 326 g/mol. The smallest absolute Gasteiger partial charge is 0.231 e. The van der Waals surface area contributed by atoms with Gasteiger partial charge >= 0.3 is 0 Å². The van der Waals surface area contributed by atoms with E-state index in [1.807, 2.05) is 49.4 Å². The number of rotatable bonds is 3. The molecule has 4 heteroatoms. The molecule has 2 nitrogen and oxygen atoms in total. The molecule has 0 aliphatic carbocycles. The number of carbonyl (C=O) groups excluding carboxylic acids is 1. The van der Waals surface area contributed by atoms with Crippen LogP contribution in [0.2, 0.25) is 5.02 Å². The van der Waals surface area contributed by atoms with Crippen LogP contribution in [0.3, 0.4) is 0 Å². The van der Waals surface area contributed by atoms with E-state index in [0.717, 1.165) is 10.0 Å². The summed E-state index contributed by atoms with van der Waals surface area (Å²) >= 11 is 9.31. The van der Waals surface area contributed by atoms with Gasteiger partial charge in [0.05, 0.1) is 10.9 Å². The van der Waals surface area contributed by atoms with Gasteiger partial charge in [0.1, 0.15) is 0 Å². The van der Waals surface area contributed by atoms with E-state index in [-0.39, 0.29) is 11.8 Å². The molecule has 0 aliphatic rings. The molecule has 0 saturated carbocycles. The van der Waals surface area contributed by atoms with E-state index in [0.29, 0.717) is 10.7 Å². The van der Waals surface area contributed by atoms with Crippen molar-refractivity contribution in [3.8, 4) is 0 Å². The van der Waals surface area contributed by atoms with Gasteiger partial charge in [0.2, 0.25) is 5.91 Å². The molecule has 0 spiro atoms. The van der Waals surface area contributed by atoms with E-state index in [2.05, 4.69) is 21.2 Å². The zero-order valence-electron chi connectivity index (χ0n) is 10.4. The molecular formula is C15H13BrClNO. The SMILES string of the molecule is C[C@H](C(=O)Nc1ccc(Br)c(Cl)c1)c1ccccc1. The maximum absolute atomic E-state index is 12.1. The standard InChI is InChI=1S/C15H13BrClNO/c1-10(11-5-3-2-4-6-11)15(19)18-12-7-8-13(16)14(17)9-12/h2-10H,1H3,(H,18,19)/t10-/m0/s1. The lowest BCUT2D eigenvalue weighted by molar-refractivity contribution is -0.117. The summed E-state index contributed by atoms with van der Waals surface area (Å²) in [5.41, 5.74) is 1.68. The predicted octanol–water partition coefficient (Wildman–Crippen LogP) is 4.84. The van der Waals surface area contributed by atoms with E-state index < -0.39 is 0 Å². The number of carbonyl (C=O) groups is 1. The van der Waals surface area contributed by atoms with Crippen LogP contribution in [0.5, 0.6) is 0 Å². The maximum atomic E-state index is 12.1. The second kappa shape index (κ2) is 6.22. The van der Waals surface area contributed by atoms with Crippen LogP contribution >= 0.6 is 27.5 Å². The number of hydrogen-bond donors (Lipinski definition) is 1. The molecule has 0 bridgehead atoms. The summed E-state index contributed by atoms with van der Waals surface area (Å²) in [5.74, 6) is -0.256. The Morgan fingerprint density at radius 1 is 1.21 bits per heavy atom. The molecule has 1 N–H and O–H groups in total. The maximum Gasteiger partial charge on any atom is 0.231 e. The quantitative estimate of drug-likeness (QED) is 0.852. The third-order valence-electron chi connectivity index (χ3n) is 2.88. The van der Waals surface area contributed by atoms with Crippen LogP contribution in [0.25, 0.3) is 0 Å². The molecule has 98 valence electrons. The normalized spacial score (nSPS) is 11.9. The van der Waals surface area contributed by atoms with Gasteiger partial charge in [0.15, 0.2) is 0 Å². The topological polar surface area (TPSA) is 29.1 Å². The molecule has 2 aromatic rings. The fourth-order valence-electron chi connectivity index (χ4n) is 1.72. The van der Waals surface area contributed by atoms with Crippen LogP contribution in [-0.4, -0.2) is 5.91 Å². The largest absolute Gasteiger partial charge is 0.326 e. The predicted molar refractivity (Wildman–Crippen MR) is 82.6 cm³/mol. The molecule has 2 aromatic carbocycles. The molecule has 0 aliphatic heterocycles. The summed E-state index contributed by atoms with van der Waals surface area (Å²) in [6, 6.07) is 15.0. The first-order valence-electron chi connectivity index (χ1n) is 5.89. The van der Waals surface area contributed by atoms with Crippen molar-refractivity contribution in [1.82, 2.24) is 0 Å². The van der Waals surface area contributed by atoms with E-state index in [1.165, 1.54) is 0 Å². The van der Waals surface area contributed by atoms with Crippen molar-refractivity contribution in [2.75, 3.05) is 5.32 Å². The Morgan fingerprint density at radius 2 is 1.89 bits per heavy atom. The highest BCUT2D eigenvalue weighted by Crippen LogP contribution is 2.26. The fourth-order valence-corrected chi connectivity index (χ4v) is 2.14. The molecule has 1 atom stereocenters. The number of amides is 1. The Morgan fingerprint density at radius 3 is 2.53 bits per heavy atom. The second-order valence-electron chi connectivity index (χ2n) is 4.25. The van der Waals surface area contributed by atoms with Crippen molar-refractivity contribution >= 4 is 39.1 Å². The summed E-state index contributed by atoms with van der Waals surface area (Å²) in [6.07, 6.45) is 0. The van der Waals surface area contributed by atoms with Crippen molar-refractivity contribution in [3.05, 3.63) is 63.6 Å². The first-order valence-corrected chi connectivity index (χ1v) is 7.06. The minimum absolute atomic E-state index is 0.0513. The van der Waals surface area contributed by atoms with Crippen LogP contribution in [0.4, 0.5) is 5.69 Å². The molecule has 0 aromatic heterocycles. The summed E-state index contributed by atoms with van der Waals surface area (Å²) in [5, 5.41) is 3.44. The van der Waals surface area contributed by atoms with Gasteiger partial charge < -0.3 is 5.32 Å². The van der Waals surface area contributed by atoms with E-state index >= 15 is 0 Å². The summed E-state index contributed by atoms with van der Waals surface area (Å²) in [7, 11) is 0. The van der Waals surface area contributed by atoms with Gasteiger partial charge in [-0.25, -0.2) is 0 Å². The molecule has 2 rings (SSSR count). The first-order chi connectivity index (χ1) is 9.08. The van der Waals surface area contributed by atoms with Crippen molar-refractivity contribution in [2.24, 2.45) is 0 Å². The number of benzene rings is 2. The van der Waals surface area contributed by atoms with Gasteiger partial charge in [0.25, 0.3) is 0 Å². The Hall–Kier alpha value is -1.32. The molecule has 0 heterocycles. The second-order valence-corrected chi connectivity index (χ2v) is 5.51. The molecule has 0 unspecified atom stereocenters. The number of anilines is 1. The van der Waals surface area contributed by atoms with Gasteiger partial charge in [0, 0.05) is 10.2 Å². The van der Waals surface area contributed by atoms with Gasteiger partial charge in [-0.2, -0.15) is 0 Å². The Bertz CT molecular complexity index is 586. The van der Waals surface area contributed by atoms with E-state index in [9.17, 15) is 4.79 Å². The Kier molecular flexibility index (Phi) is 4.61.